The van der Waals surface area contributed by atoms with Crippen LogP contribution in [-0.4, -0.2) is 25.0 Å². The Labute approximate surface area is 179 Å². The number of amides is 1. The number of rotatable bonds is 6. The number of pyridine rings is 1. The van der Waals surface area contributed by atoms with Gasteiger partial charge in [0.2, 0.25) is 0 Å². The number of nitrogens with zero attached hydrogens (tertiary/aromatic N) is 4. The topological polar surface area (TPSA) is 64.7 Å². The quantitative estimate of drug-likeness (QED) is 0.448. The maximum Gasteiger partial charge on any atom is 0.256 e. The molecule has 0 saturated heterocycles. The van der Waals surface area contributed by atoms with Crippen LogP contribution in [-0.2, 0) is 13.1 Å². The van der Waals surface area contributed by atoms with E-state index in [0.29, 0.717) is 11.4 Å². The van der Waals surface area contributed by atoms with Gasteiger partial charge in [-0.05, 0) is 41.5 Å². The first kappa shape index (κ1) is 18.8. The molecule has 0 spiro atoms. The Morgan fingerprint density at radius 1 is 0.903 bits per heavy atom. The first-order valence-electron chi connectivity index (χ1n) is 10.1. The van der Waals surface area contributed by atoms with Crippen molar-refractivity contribution in [3.63, 3.8) is 0 Å². The predicted molar refractivity (Wildman–Crippen MR) is 121 cm³/mol. The van der Waals surface area contributed by atoms with Gasteiger partial charge < -0.3 is 14.5 Å². The molecule has 1 amide bonds. The molecule has 0 bridgehead atoms. The number of hydrogen-bond acceptors (Lipinski definition) is 3. The van der Waals surface area contributed by atoms with E-state index in [1.807, 2.05) is 48.9 Å². The first-order chi connectivity index (χ1) is 15.3. The highest BCUT2D eigenvalue weighted by molar-refractivity contribution is 6.03. The molecule has 3 aromatic heterocycles. The molecular weight excluding hydrogens is 386 g/mol. The van der Waals surface area contributed by atoms with E-state index in [-0.39, 0.29) is 5.91 Å². The molecule has 3 heterocycles. The molecule has 5 aromatic rings. The smallest absolute Gasteiger partial charge is 0.256 e. The molecule has 6 heteroatoms. The molecule has 31 heavy (non-hydrogen) atoms. The molecule has 0 fully saturated rings. The Balaban J connectivity index is 1.36. The number of benzene rings is 2. The summed E-state index contributed by atoms with van der Waals surface area (Å²) in [5.41, 5.74) is 4.17. The van der Waals surface area contributed by atoms with Crippen molar-refractivity contribution in [2.75, 3.05) is 5.32 Å². The van der Waals surface area contributed by atoms with E-state index < -0.39 is 0 Å². The van der Waals surface area contributed by atoms with Crippen molar-refractivity contribution in [1.82, 2.24) is 19.1 Å². The Hall–Kier alpha value is -4.19. The lowest BCUT2D eigenvalue weighted by Gasteiger charge is -2.08. The van der Waals surface area contributed by atoms with Gasteiger partial charge in [-0.1, -0.05) is 36.4 Å². The Morgan fingerprint density at radius 2 is 1.74 bits per heavy atom. The van der Waals surface area contributed by atoms with E-state index in [1.54, 1.807) is 18.5 Å². The Bertz CT molecular complexity index is 1310. The summed E-state index contributed by atoms with van der Waals surface area (Å²) in [6.07, 6.45) is 9.46. The summed E-state index contributed by atoms with van der Waals surface area (Å²) in [7, 11) is 0. The fourth-order valence-corrected chi connectivity index (χ4v) is 3.74. The third-order valence-electron chi connectivity index (χ3n) is 5.26. The van der Waals surface area contributed by atoms with Crippen LogP contribution in [0.5, 0.6) is 0 Å². The zero-order valence-corrected chi connectivity index (χ0v) is 16.8. The van der Waals surface area contributed by atoms with Gasteiger partial charge in [0.15, 0.2) is 0 Å². The lowest BCUT2D eigenvalue weighted by atomic mass is 10.1. The van der Waals surface area contributed by atoms with Gasteiger partial charge in [0.05, 0.1) is 12.9 Å². The fraction of sp³-hybridized carbons (Fsp3) is 0.0800. The highest BCUT2D eigenvalue weighted by Gasteiger charge is 2.10. The van der Waals surface area contributed by atoms with Crippen LogP contribution in [0.1, 0.15) is 21.5 Å². The summed E-state index contributed by atoms with van der Waals surface area (Å²) < 4.78 is 4.33. The fourth-order valence-electron chi connectivity index (χ4n) is 3.74. The summed E-state index contributed by atoms with van der Waals surface area (Å²) in [6.45, 7) is 1.51. The van der Waals surface area contributed by atoms with Crippen molar-refractivity contribution in [3.05, 3.63) is 115 Å². The second-order valence-corrected chi connectivity index (χ2v) is 7.40. The molecule has 1 N–H and O–H groups in total. The van der Waals surface area contributed by atoms with Crippen LogP contribution in [0.25, 0.3) is 10.9 Å². The van der Waals surface area contributed by atoms with Crippen LogP contribution >= 0.6 is 0 Å². The predicted octanol–water partition coefficient (Wildman–Crippen LogP) is 4.58. The number of carbonyl (C=O) groups excluding carboxylic acids is 1. The number of nitrogens with one attached hydrogen (secondary N) is 1. The second kappa shape index (κ2) is 8.28. The van der Waals surface area contributed by atoms with E-state index in [4.69, 9.17) is 0 Å². The molecule has 0 saturated carbocycles. The van der Waals surface area contributed by atoms with Crippen molar-refractivity contribution in [2.45, 2.75) is 13.1 Å². The monoisotopic (exact) mass is 407 g/mol. The molecule has 0 unspecified atom stereocenters. The Morgan fingerprint density at radius 3 is 2.52 bits per heavy atom. The van der Waals surface area contributed by atoms with Crippen molar-refractivity contribution >= 4 is 22.6 Å². The van der Waals surface area contributed by atoms with Crippen molar-refractivity contribution in [1.29, 1.82) is 0 Å². The number of imidazole rings is 1. The Kier molecular flexibility index (Phi) is 5.02. The largest absolute Gasteiger partial charge is 0.343 e. The van der Waals surface area contributed by atoms with Crippen LogP contribution in [0.4, 0.5) is 5.82 Å². The third-order valence-corrected chi connectivity index (χ3v) is 5.26. The summed E-state index contributed by atoms with van der Waals surface area (Å²) in [4.78, 5) is 20.7. The minimum atomic E-state index is -0.167. The maximum atomic E-state index is 12.4. The average molecular weight is 407 g/mol. The molecule has 6 nitrogen and oxygen atoms in total. The van der Waals surface area contributed by atoms with Gasteiger partial charge in [0.25, 0.3) is 5.91 Å². The van der Waals surface area contributed by atoms with Gasteiger partial charge in [0.1, 0.15) is 5.82 Å². The second-order valence-electron chi connectivity index (χ2n) is 7.40. The van der Waals surface area contributed by atoms with Crippen LogP contribution < -0.4 is 5.32 Å². The van der Waals surface area contributed by atoms with Gasteiger partial charge in [-0.25, -0.2) is 9.97 Å². The van der Waals surface area contributed by atoms with Crippen molar-refractivity contribution in [2.24, 2.45) is 0 Å². The third kappa shape index (κ3) is 4.09. The lowest BCUT2D eigenvalue weighted by Crippen LogP contribution is -2.12. The molecule has 0 aliphatic rings. The number of para-hydroxylation sites is 1. The number of carbonyl (C=O) groups is 1. The van der Waals surface area contributed by atoms with Crippen LogP contribution in [0.2, 0.25) is 0 Å². The summed E-state index contributed by atoms with van der Waals surface area (Å²) >= 11 is 0. The minimum Gasteiger partial charge on any atom is -0.343 e. The summed E-state index contributed by atoms with van der Waals surface area (Å²) in [5.74, 6) is 0.375. The molecule has 0 atom stereocenters. The zero-order chi connectivity index (χ0) is 21.0. The number of fused-ring (bicyclic) bond motifs is 1. The van der Waals surface area contributed by atoms with E-state index in [9.17, 15) is 4.79 Å². The summed E-state index contributed by atoms with van der Waals surface area (Å²) in [5, 5.41) is 4.05. The van der Waals surface area contributed by atoms with Crippen LogP contribution in [0.15, 0.2) is 97.8 Å². The van der Waals surface area contributed by atoms with Gasteiger partial charge in [-0.2, -0.15) is 0 Å². The molecule has 0 radical (unpaired) electrons. The molecule has 0 aliphatic heterocycles. The van der Waals surface area contributed by atoms with Crippen molar-refractivity contribution in [3.8, 4) is 0 Å². The lowest BCUT2D eigenvalue weighted by molar-refractivity contribution is 0.102. The number of hydrogen-bond donors (Lipinski definition) is 1. The van der Waals surface area contributed by atoms with Gasteiger partial charge in [-0.15, -0.1) is 0 Å². The van der Waals surface area contributed by atoms with Crippen LogP contribution in [0.3, 0.4) is 0 Å². The molecule has 2 aromatic carbocycles. The molecule has 0 aliphatic carbocycles. The normalized spacial score (nSPS) is 11.0. The minimum absolute atomic E-state index is 0.167. The molecule has 152 valence electrons. The number of aromatic nitrogens is 4. The molecule has 5 rings (SSSR count). The van der Waals surface area contributed by atoms with E-state index in [0.717, 1.165) is 18.7 Å². The van der Waals surface area contributed by atoms with Crippen molar-refractivity contribution < 1.29 is 4.79 Å². The summed E-state index contributed by atoms with van der Waals surface area (Å²) in [6, 6.07) is 21.6. The highest BCUT2D eigenvalue weighted by Crippen LogP contribution is 2.23. The highest BCUT2D eigenvalue weighted by atomic mass is 16.1. The molecular formula is C25H21N5O. The maximum absolute atomic E-state index is 12.4. The average Bonchev–Trinajstić information content (AvgIpc) is 3.44. The van der Waals surface area contributed by atoms with Gasteiger partial charge >= 0.3 is 0 Å². The van der Waals surface area contributed by atoms with E-state index in [1.165, 1.54) is 16.5 Å². The number of anilines is 1. The van der Waals surface area contributed by atoms with E-state index in [2.05, 4.69) is 54.9 Å². The van der Waals surface area contributed by atoms with Gasteiger partial charge in [0, 0.05) is 47.8 Å². The van der Waals surface area contributed by atoms with E-state index >= 15 is 0 Å². The van der Waals surface area contributed by atoms with Crippen LogP contribution in [0, 0.1) is 0 Å². The SMILES string of the molecule is O=C(Nc1ccccn1)c1ccc(Cn2cc(Cn3ccnc3)c3ccccc32)cc1. The zero-order valence-electron chi connectivity index (χ0n) is 16.8. The van der Waals surface area contributed by atoms with Gasteiger partial charge in [-0.3, -0.25) is 4.79 Å². The standard InChI is InChI=1S/C25H21N5O/c31-25(28-24-7-3-4-12-27-24)20-10-8-19(9-11-20)15-30-17-21(16-29-14-13-26-18-29)22-5-1-2-6-23(22)30/h1-14,17-18H,15-16H2,(H,27,28,31). The first-order valence-corrected chi connectivity index (χ1v) is 10.1.